The second-order valence-electron chi connectivity index (χ2n) is 5.48. The minimum atomic E-state index is -0.446. The molecule has 0 radical (unpaired) electrons. The summed E-state index contributed by atoms with van der Waals surface area (Å²) in [7, 11) is 1.86. The number of thiazole rings is 1. The molecule has 7 heteroatoms. The average Bonchev–Trinajstić information content (AvgIpc) is 3.14. The van der Waals surface area contributed by atoms with Crippen LogP contribution in [0.15, 0.2) is 42.0 Å². The number of benzene rings is 1. The van der Waals surface area contributed by atoms with Crippen LogP contribution in [0.1, 0.15) is 28.1 Å². The van der Waals surface area contributed by atoms with Gasteiger partial charge in [-0.2, -0.15) is 0 Å². The second-order valence-corrected chi connectivity index (χ2v) is 6.55. The maximum absolute atomic E-state index is 13.2. The lowest BCUT2D eigenvalue weighted by Gasteiger charge is -2.19. The van der Waals surface area contributed by atoms with Crippen molar-refractivity contribution in [1.29, 1.82) is 0 Å². The summed E-state index contributed by atoms with van der Waals surface area (Å²) in [6, 6.07) is 5.62. The van der Waals surface area contributed by atoms with Crippen LogP contribution in [0.3, 0.4) is 0 Å². The molecule has 1 amide bonds. The van der Waals surface area contributed by atoms with Crippen LogP contribution in [0.25, 0.3) is 0 Å². The van der Waals surface area contributed by atoms with Crippen LogP contribution in [0.5, 0.6) is 0 Å². The Morgan fingerprint density at radius 3 is 2.71 bits per heavy atom. The first kappa shape index (κ1) is 16.3. The van der Waals surface area contributed by atoms with Crippen molar-refractivity contribution in [2.75, 3.05) is 0 Å². The van der Waals surface area contributed by atoms with Gasteiger partial charge in [0.2, 0.25) is 5.91 Å². The topological polar surface area (TPSA) is 59.8 Å². The fourth-order valence-corrected chi connectivity index (χ4v) is 3.09. The fraction of sp³-hybridized carbons (Fsp3) is 0.235. The highest BCUT2D eigenvalue weighted by Crippen LogP contribution is 2.21. The molecule has 0 bridgehead atoms. The second kappa shape index (κ2) is 6.92. The van der Waals surface area contributed by atoms with Gasteiger partial charge in [-0.05, 0) is 24.6 Å². The normalized spacial score (nSPS) is 12.1. The van der Waals surface area contributed by atoms with Crippen molar-refractivity contribution in [3.8, 4) is 0 Å². The Hall–Kier alpha value is -2.54. The molecule has 1 unspecified atom stereocenters. The Kier molecular flexibility index (Phi) is 4.71. The standard InChI is InChI=1S/C17H17FN4OS/c1-11-20-14(10-24-11)9-15(23)21-16(17-19-7-8-22(17)2)12-3-5-13(18)6-4-12/h3-8,10,16H,9H2,1-2H3,(H,21,23). The van der Waals surface area contributed by atoms with Gasteiger partial charge in [0.05, 0.1) is 17.1 Å². The number of carbonyl (C=O) groups is 1. The Morgan fingerprint density at radius 2 is 2.12 bits per heavy atom. The zero-order valence-corrected chi connectivity index (χ0v) is 14.2. The van der Waals surface area contributed by atoms with Gasteiger partial charge in [0.1, 0.15) is 17.7 Å². The van der Waals surface area contributed by atoms with Gasteiger partial charge in [-0.3, -0.25) is 4.79 Å². The van der Waals surface area contributed by atoms with Gasteiger partial charge in [0.15, 0.2) is 0 Å². The third-order valence-electron chi connectivity index (χ3n) is 3.63. The number of halogens is 1. The molecular formula is C17H17FN4OS. The van der Waals surface area contributed by atoms with Crippen molar-refractivity contribution in [2.45, 2.75) is 19.4 Å². The van der Waals surface area contributed by atoms with E-state index >= 15 is 0 Å². The van der Waals surface area contributed by atoms with Gasteiger partial charge in [-0.25, -0.2) is 14.4 Å². The van der Waals surface area contributed by atoms with Crippen LogP contribution in [0.4, 0.5) is 4.39 Å². The Bertz CT molecular complexity index is 840. The van der Waals surface area contributed by atoms with Crippen LogP contribution in [0.2, 0.25) is 0 Å². The molecule has 5 nitrogen and oxygen atoms in total. The lowest BCUT2D eigenvalue weighted by molar-refractivity contribution is -0.121. The van der Waals surface area contributed by atoms with Crippen LogP contribution in [-0.4, -0.2) is 20.4 Å². The highest BCUT2D eigenvalue weighted by Gasteiger charge is 2.21. The number of rotatable bonds is 5. The summed E-state index contributed by atoms with van der Waals surface area (Å²) in [6.07, 6.45) is 3.68. The van der Waals surface area contributed by atoms with E-state index in [1.807, 2.05) is 30.1 Å². The highest BCUT2D eigenvalue weighted by molar-refractivity contribution is 7.09. The van der Waals surface area contributed by atoms with Gasteiger partial charge in [-0.1, -0.05) is 12.1 Å². The molecule has 0 saturated carbocycles. The molecule has 0 aliphatic heterocycles. The zero-order valence-electron chi connectivity index (χ0n) is 13.4. The molecule has 2 aromatic heterocycles. The average molecular weight is 344 g/mol. The third-order valence-corrected chi connectivity index (χ3v) is 4.46. The number of amides is 1. The predicted molar refractivity (Wildman–Crippen MR) is 90.1 cm³/mol. The van der Waals surface area contributed by atoms with Crippen molar-refractivity contribution in [3.05, 3.63) is 69.9 Å². The Labute approximate surface area is 143 Å². The number of hydrogen-bond donors (Lipinski definition) is 1. The van der Waals surface area contributed by atoms with E-state index in [2.05, 4.69) is 15.3 Å². The summed E-state index contributed by atoms with van der Waals surface area (Å²) < 4.78 is 15.0. The molecule has 0 aliphatic carbocycles. The van der Waals surface area contributed by atoms with E-state index in [1.54, 1.807) is 18.3 Å². The van der Waals surface area contributed by atoms with Gasteiger partial charge in [0.25, 0.3) is 0 Å². The van der Waals surface area contributed by atoms with Crippen LogP contribution >= 0.6 is 11.3 Å². The first-order valence-electron chi connectivity index (χ1n) is 7.46. The largest absolute Gasteiger partial charge is 0.342 e. The minimum Gasteiger partial charge on any atom is -0.342 e. The van der Waals surface area contributed by atoms with Gasteiger partial charge in [0, 0.05) is 24.8 Å². The highest BCUT2D eigenvalue weighted by atomic mass is 32.1. The van der Waals surface area contributed by atoms with Crippen LogP contribution < -0.4 is 5.32 Å². The van der Waals surface area contributed by atoms with Crippen molar-refractivity contribution in [2.24, 2.45) is 7.05 Å². The van der Waals surface area contributed by atoms with Crippen molar-refractivity contribution in [1.82, 2.24) is 19.9 Å². The van der Waals surface area contributed by atoms with E-state index in [0.717, 1.165) is 16.3 Å². The van der Waals surface area contributed by atoms with Gasteiger partial charge < -0.3 is 9.88 Å². The van der Waals surface area contributed by atoms with E-state index in [-0.39, 0.29) is 18.1 Å². The first-order valence-corrected chi connectivity index (χ1v) is 8.34. The van der Waals surface area contributed by atoms with Gasteiger partial charge >= 0.3 is 0 Å². The van der Waals surface area contributed by atoms with E-state index in [0.29, 0.717) is 5.82 Å². The monoisotopic (exact) mass is 344 g/mol. The maximum Gasteiger partial charge on any atom is 0.226 e. The number of aromatic nitrogens is 3. The molecule has 1 atom stereocenters. The molecule has 124 valence electrons. The Morgan fingerprint density at radius 1 is 1.38 bits per heavy atom. The van der Waals surface area contributed by atoms with Crippen LogP contribution in [-0.2, 0) is 18.3 Å². The summed E-state index contributed by atoms with van der Waals surface area (Å²) in [4.78, 5) is 21.1. The maximum atomic E-state index is 13.2. The van der Waals surface area contributed by atoms with Gasteiger partial charge in [-0.15, -0.1) is 11.3 Å². The summed E-state index contributed by atoms with van der Waals surface area (Å²) in [5.74, 6) is 0.212. The summed E-state index contributed by atoms with van der Waals surface area (Å²) in [5.41, 5.74) is 1.52. The van der Waals surface area contributed by atoms with E-state index in [1.165, 1.54) is 23.5 Å². The van der Waals surface area contributed by atoms with Crippen LogP contribution in [0, 0.1) is 12.7 Å². The fourth-order valence-electron chi connectivity index (χ4n) is 2.47. The lowest BCUT2D eigenvalue weighted by atomic mass is 10.1. The molecule has 3 aromatic rings. The van der Waals surface area contributed by atoms with Crippen molar-refractivity contribution in [3.63, 3.8) is 0 Å². The number of carbonyl (C=O) groups excluding carboxylic acids is 1. The SMILES string of the molecule is Cc1nc(CC(=O)NC(c2ccc(F)cc2)c2nccn2C)cs1. The molecule has 24 heavy (non-hydrogen) atoms. The van der Waals surface area contributed by atoms with Crippen molar-refractivity contribution >= 4 is 17.2 Å². The summed E-state index contributed by atoms with van der Waals surface area (Å²) in [6.45, 7) is 1.90. The third kappa shape index (κ3) is 3.68. The Balaban J connectivity index is 1.83. The molecular weight excluding hydrogens is 327 g/mol. The number of imidazole rings is 1. The number of hydrogen-bond acceptors (Lipinski definition) is 4. The quantitative estimate of drug-likeness (QED) is 0.774. The van der Waals surface area contributed by atoms with E-state index < -0.39 is 6.04 Å². The predicted octanol–water partition coefficient (Wildman–Crippen LogP) is 2.77. The number of nitrogens with zero attached hydrogens (tertiary/aromatic N) is 3. The summed E-state index contributed by atoms with van der Waals surface area (Å²) >= 11 is 1.51. The lowest BCUT2D eigenvalue weighted by Crippen LogP contribution is -2.32. The smallest absolute Gasteiger partial charge is 0.226 e. The van der Waals surface area contributed by atoms with E-state index in [9.17, 15) is 9.18 Å². The number of nitrogens with one attached hydrogen (secondary N) is 1. The molecule has 0 aliphatic rings. The minimum absolute atomic E-state index is 0.155. The van der Waals surface area contributed by atoms with Crippen molar-refractivity contribution < 1.29 is 9.18 Å². The molecule has 0 saturated heterocycles. The molecule has 2 heterocycles. The molecule has 3 rings (SSSR count). The zero-order chi connectivity index (χ0) is 17.1. The molecule has 1 N–H and O–H groups in total. The molecule has 1 aromatic carbocycles. The first-order chi connectivity index (χ1) is 11.5. The molecule has 0 fully saturated rings. The number of aryl methyl sites for hydroxylation is 2. The molecule has 0 spiro atoms. The van der Waals surface area contributed by atoms with E-state index in [4.69, 9.17) is 0 Å². The summed E-state index contributed by atoms with van der Waals surface area (Å²) in [5, 5.41) is 5.78.